The molecular weight excluding hydrogens is 226 g/mol. The molecule has 0 amide bonds. The molecule has 0 aromatic carbocycles. The van der Waals surface area contributed by atoms with E-state index in [4.69, 9.17) is 0 Å². The van der Waals surface area contributed by atoms with Crippen molar-refractivity contribution in [2.24, 2.45) is 0 Å². The summed E-state index contributed by atoms with van der Waals surface area (Å²) in [6.07, 6.45) is 4.73. The minimum atomic E-state index is 0.0971. The van der Waals surface area contributed by atoms with Gasteiger partial charge in [-0.05, 0) is 18.2 Å². The van der Waals surface area contributed by atoms with Crippen molar-refractivity contribution in [1.82, 2.24) is 24.9 Å². The number of hydrogen-bond acceptors (Lipinski definition) is 3. The summed E-state index contributed by atoms with van der Waals surface area (Å²) in [6, 6.07) is 8.28. The molecule has 90 valence electrons. The van der Waals surface area contributed by atoms with E-state index in [2.05, 4.69) is 32.5 Å². The van der Waals surface area contributed by atoms with E-state index in [9.17, 15) is 0 Å². The minimum absolute atomic E-state index is 0.0971. The number of rotatable bonds is 1. The summed E-state index contributed by atoms with van der Waals surface area (Å²) in [5.74, 6) is 0. The maximum absolute atomic E-state index is 4.62. The van der Waals surface area contributed by atoms with Crippen LogP contribution >= 0.6 is 0 Å². The summed E-state index contributed by atoms with van der Waals surface area (Å²) in [4.78, 5) is 7.62. The number of H-pyrrole nitrogens is 1. The Morgan fingerprint density at radius 3 is 3.28 bits per heavy atom. The largest absolute Gasteiger partial charge is 0.348 e. The first kappa shape index (κ1) is 9.85. The molecule has 0 aliphatic carbocycles. The van der Waals surface area contributed by atoms with E-state index < -0.39 is 0 Å². The zero-order chi connectivity index (χ0) is 11.9. The number of nitrogens with one attached hydrogen (secondary N) is 2. The Morgan fingerprint density at radius 1 is 1.33 bits per heavy atom. The smallest absolute Gasteiger partial charge is 0.0962 e. The summed E-state index contributed by atoms with van der Waals surface area (Å²) < 4.78 is 1.90. The average molecular weight is 239 g/mol. The number of aromatic amines is 1. The van der Waals surface area contributed by atoms with E-state index in [1.165, 1.54) is 5.69 Å². The maximum Gasteiger partial charge on any atom is 0.0962 e. The Bertz CT molecular complexity index is 663. The molecule has 0 radical (unpaired) electrons. The zero-order valence-electron chi connectivity index (χ0n) is 9.80. The highest BCUT2D eigenvalue weighted by Gasteiger charge is 2.25. The van der Waals surface area contributed by atoms with Gasteiger partial charge in [0, 0.05) is 24.9 Å². The molecule has 4 rings (SSSR count). The van der Waals surface area contributed by atoms with Crippen LogP contribution in [0.25, 0.3) is 5.52 Å². The normalized spacial score (nSPS) is 19.0. The molecule has 4 heterocycles. The number of aromatic nitrogens is 4. The van der Waals surface area contributed by atoms with Crippen molar-refractivity contribution in [2.45, 2.75) is 12.5 Å². The van der Waals surface area contributed by atoms with Gasteiger partial charge in [0.1, 0.15) is 0 Å². The summed E-state index contributed by atoms with van der Waals surface area (Å²) in [5.41, 5.74) is 4.42. The molecule has 1 atom stereocenters. The highest BCUT2D eigenvalue weighted by molar-refractivity contribution is 5.48. The van der Waals surface area contributed by atoms with Gasteiger partial charge < -0.3 is 10.3 Å². The Hall–Kier alpha value is -2.14. The SMILES string of the molecule is c1ccn2nc(C3NCCc4[nH]cnc43)cc2c1. The summed E-state index contributed by atoms with van der Waals surface area (Å²) in [5, 5.41) is 8.10. The van der Waals surface area contributed by atoms with Gasteiger partial charge in [0.05, 0.1) is 29.3 Å². The molecule has 0 bridgehead atoms. The topological polar surface area (TPSA) is 58.0 Å². The van der Waals surface area contributed by atoms with Crippen molar-refractivity contribution < 1.29 is 0 Å². The van der Waals surface area contributed by atoms with Gasteiger partial charge in [0.25, 0.3) is 0 Å². The second-order valence-electron chi connectivity index (χ2n) is 4.54. The molecule has 0 saturated carbocycles. The van der Waals surface area contributed by atoms with Crippen molar-refractivity contribution >= 4 is 5.52 Å². The second kappa shape index (κ2) is 3.68. The first-order valence-electron chi connectivity index (χ1n) is 6.12. The lowest BCUT2D eigenvalue weighted by molar-refractivity contribution is 0.540. The fourth-order valence-corrected chi connectivity index (χ4v) is 2.56. The molecule has 2 N–H and O–H groups in total. The van der Waals surface area contributed by atoms with Crippen molar-refractivity contribution in [3.05, 3.63) is 53.9 Å². The van der Waals surface area contributed by atoms with Crippen LogP contribution in [0.2, 0.25) is 0 Å². The molecule has 0 saturated heterocycles. The highest BCUT2D eigenvalue weighted by Crippen LogP contribution is 2.25. The lowest BCUT2D eigenvalue weighted by atomic mass is 10.0. The van der Waals surface area contributed by atoms with Crippen LogP contribution in [0.5, 0.6) is 0 Å². The van der Waals surface area contributed by atoms with Crippen molar-refractivity contribution in [3.8, 4) is 0 Å². The fraction of sp³-hybridized carbons (Fsp3) is 0.231. The molecule has 18 heavy (non-hydrogen) atoms. The molecule has 5 heteroatoms. The first-order valence-corrected chi connectivity index (χ1v) is 6.12. The predicted molar refractivity (Wildman–Crippen MR) is 67.3 cm³/mol. The van der Waals surface area contributed by atoms with Gasteiger partial charge in [0.2, 0.25) is 0 Å². The third-order valence-corrected chi connectivity index (χ3v) is 3.43. The highest BCUT2D eigenvalue weighted by atomic mass is 15.2. The number of pyridine rings is 1. The molecule has 5 nitrogen and oxygen atoms in total. The standard InChI is InChI=1S/C13H13N5/c1-2-6-18-9(3-1)7-11(17-18)13-12-10(4-5-14-13)15-8-16-12/h1-3,6-8,13-14H,4-5H2,(H,15,16). The fourth-order valence-electron chi connectivity index (χ4n) is 2.56. The number of hydrogen-bond donors (Lipinski definition) is 2. The van der Waals surface area contributed by atoms with Gasteiger partial charge in [-0.1, -0.05) is 6.07 Å². The van der Waals surface area contributed by atoms with Crippen LogP contribution in [-0.4, -0.2) is 26.1 Å². The monoisotopic (exact) mass is 239 g/mol. The van der Waals surface area contributed by atoms with E-state index in [1.54, 1.807) is 6.33 Å². The summed E-state index contributed by atoms with van der Waals surface area (Å²) in [7, 11) is 0. The van der Waals surface area contributed by atoms with Crippen LogP contribution in [0.15, 0.2) is 36.8 Å². The minimum Gasteiger partial charge on any atom is -0.348 e. The maximum atomic E-state index is 4.62. The van der Waals surface area contributed by atoms with E-state index >= 15 is 0 Å². The molecule has 1 aliphatic rings. The van der Waals surface area contributed by atoms with Crippen LogP contribution in [0.1, 0.15) is 23.1 Å². The Kier molecular flexibility index (Phi) is 2.01. The van der Waals surface area contributed by atoms with Gasteiger partial charge >= 0.3 is 0 Å². The van der Waals surface area contributed by atoms with Gasteiger partial charge in [-0.2, -0.15) is 5.10 Å². The quantitative estimate of drug-likeness (QED) is 0.673. The molecule has 3 aromatic heterocycles. The van der Waals surface area contributed by atoms with Crippen LogP contribution in [0.3, 0.4) is 0 Å². The van der Waals surface area contributed by atoms with Crippen molar-refractivity contribution in [3.63, 3.8) is 0 Å². The zero-order valence-corrected chi connectivity index (χ0v) is 9.80. The Morgan fingerprint density at radius 2 is 2.33 bits per heavy atom. The van der Waals surface area contributed by atoms with E-state index in [0.29, 0.717) is 0 Å². The molecule has 0 spiro atoms. The number of fused-ring (bicyclic) bond motifs is 2. The molecule has 3 aromatic rings. The molecular formula is C13H13N5. The van der Waals surface area contributed by atoms with Crippen LogP contribution in [-0.2, 0) is 6.42 Å². The van der Waals surface area contributed by atoms with Gasteiger partial charge in [0.15, 0.2) is 0 Å². The predicted octanol–water partition coefficient (Wildman–Crippen LogP) is 1.29. The van der Waals surface area contributed by atoms with Gasteiger partial charge in [-0.15, -0.1) is 0 Å². The van der Waals surface area contributed by atoms with Crippen LogP contribution in [0.4, 0.5) is 0 Å². The Balaban J connectivity index is 1.84. The van der Waals surface area contributed by atoms with Gasteiger partial charge in [-0.25, -0.2) is 9.50 Å². The summed E-state index contributed by atoms with van der Waals surface area (Å²) in [6.45, 7) is 0.952. The van der Waals surface area contributed by atoms with Crippen LogP contribution < -0.4 is 5.32 Å². The third kappa shape index (κ3) is 1.37. The van der Waals surface area contributed by atoms with Crippen LogP contribution in [0, 0.1) is 0 Å². The van der Waals surface area contributed by atoms with E-state index in [1.807, 2.05) is 22.8 Å². The number of nitrogens with zero attached hydrogens (tertiary/aromatic N) is 3. The van der Waals surface area contributed by atoms with E-state index in [0.717, 1.165) is 29.9 Å². The van der Waals surface area contributed by atoms with Gasteiger partial charge in [-0.3, -0.25) is 0 Å². The molecule has 1 aliphatic heterocycles. The molecule has 1 unspecified atom stereocenters. The van der Waals surface area contributed by atoms with E-state index in [-0.39, 0.29) is 6.04 Å². The molecule has 0 fully saturated rings. The van der Waals surface area contributed by atoms with Crippen molar-refractivity contribution in [1.29, 1.82) is 0 Å². The second-order valence-corrected chi connectivity index (χ2v) is 4.54. The third-order valence-electron chi connectivity index (χ3n) is 3.43. The summed E-state index contributed by atoms with van der Waals surface area (Å²) >= 11 is 0. The lowest BCUT2D eigenvalue weighted by Crippen LogP contribution is -2.31. The average Bonchev–Trinajstić information content (AvgIpc) is 3.04. The first-order chi connectivity index (χ1) is 8.92. The van der Waals surface area contributed by atoms with Crippen molar-refractivity contribution in [2.75, 3.05) is 6.54 Å². The lowest BCUT2D eigenvalue weighted by Gasteiger charge is -2.21. The number of imidazole rings is 1. The Labute approximate surface area is 104 Å².